The zero-order valence-corrected chi connectivity index (χ0v) is 81.8. The van der Waals surface area contributed by atoms with Gasteiger partial charge in [-0.3, -0.25) is 19.7 Å². The van der Waals surface area contributed by atoms with Gasteiger partial charge in [0.15, 0.2) is 0 Å². The molecule has 0 spiro atoms. The van der Waals surface area contributed by atoms with Gasteiger partial charge in [0.2, 0.25) is 11.8 Å². The zero-order valence-electron chi connectivity index (χ0n) is 81.8. The Morgan fingerprint density at radius 3 is 0.972 bits per heavy atom. The molecule has 6 aromatic heterocycles. The fraction of sp³-hybridized carbons (Fsp3) is 0.224. The molecule has 15 N–H and O–H groups in total. The molecule has 18 aromatic rings. The number of nitrogens with two attached hydrogens (primary N) is 1. The summed E-state index contributed by atoms with van der Waals surface area (Å²) in [6.07, 6.45) is 16.0. The Kier molecular flexibility index (Phi) is 31.1. The minimum Gasteiger partial charge on any atom is -0.465 e. The van der Waals surface area contributed by atoms with Crippen molar-refractivity contribution < 1.29 is 68.3 Å². The van der Waals surface area contributed by atoms with Crippen LogP contribution in [0.25, 0.3) is 132 Å². The van der Waals surface area contributed by atoms with E-state index in [9.17, 15) is 54.1 Å². The van der Waals surface area contributed by atoms with E-state index in [1.54, 1.807) is 25.9 Å². The monoisotopic (exact) mass is 1930 g/mol. The van der Waals surface area contributed by atoms with Crippen molar-refractivity contribution in [3.63, 3.8) is 0 Å². The Hall–Kier alpha value is -15.3. The zero-order chi connectivity index (χ0) is 101. The number of amides is 3. The standard InChI is InChI=1S/C21H23BN2O3.C20H22BN3O2.C20H23BN2O2.C20H16N2O4.C19H20N2O.C16H13NO2/c1-22(26)24-9-8-15(13-24)19-12-23-20-17(19)10-16(11-18(20)21(25)27-2)14-6-4-3-5-7-14;1-21(26)24-8-7-14(12-24)18-11-23-19-16(18)9-15(10-17(19)20(22)25)13-5-3-2-4-6-13;1-21(25)23-8-7-15(12-23)19-11-22-20-17(13-24)9-16(10-18(19)20)14-5-3-2-4-6-14;1-26-20(25)15-8-12(11-5-3-2-4-6-11)7-13-16(10-21-18(13)15)14-9-17(23)22-19(14)24;22-12-16-8-15(13-4-2-1-3-5-13)9-17-18(11-21-19(16)17)14-6-7-20-10-14;1-19-16(18)14-10-13(11-5-3-2-4-6-11)9-12-7-8-17-15(12)14/h3-7,10-12,15,23,26H,8-9,13H2,1-2H3;2-6,9-11,14,23,26H,7-8,12H2,1H3,(H2,22,25);2-6,9-11,15,22,24-25H,7-8,12-13H2,1H3;2-8,10,14,21H,9H2,1H3,(H,22,23,24);1-5,8-9,11,14,20-22H,6-7,10,12H2;2-10,17H,1H3. The Balaban J connectivity index is 0.000000115. The van der Waals surface area contributed by atoms with Gasteiger partial charge in [-0.05, 0) is 289 Å². The lowest BCUT2D eigenvalue weighted by molar-refractivity contribution is -0.125. The average molecular weight is 1940 g/mol. The van der Waals surface area contributed by atoms with E-state index < -0.39 is 38.9 Å². The molecule has 0 bridgehead atoms. The third kappa shape index (κ3) is 21.8. The van der Waals surface area contributed by atoms with E-state index in [0.717, 1.165) is 188 Å². The molecule has 26 nitrogen and oxygen atoms in total. The Morgan fingerprint density at radius 1 is 0.359 bits per heavy atom. The third-order valence-electron chi connectivity index (χ3n) is 28.8. The number of aromatic amines is 6. The molecule has 5 aliphatic rings. The number of aromatic nitrogens is 6. The number of fused-ring (bicyclic) bond motifs is 6. The number of H-pyrrole nitrogens is 6. The second-order valence-electron chi connectivity index (χ2n) is 37.7. The summed E-state index contributed by atoms with van der Waals surface area (Å²) in [7, 11) is 2.85. The fourth-order valence-electron chi connectivity index (χ4n) is 21.1. The SMILES string of the molecule is CB(O)N1CCC(c2c[nH]c3c(C(N)=O)cc(-c4ccccc4)cc23)C1.CB(O)N1CCC(c2c[nH]c3c(CO)cc(-c4ccccc4)cc23)C1.COC(=O)c1cc(-c2ccccc2)cc2c(C3CC(=O)NC3=O)c[nH]c12.COC(=O)c1cc(-c2ccccc2)cc2c(C3CCN(B(C)O)C3)c[nH]c12.COC(=O)c1cc(-c2ccccc2)cc2cc[nH]c12.OCc1cc(-c2ccccc2)cc2c(C3CCNC3)c[nH]c12. The van der Waals surface area contributed by atoms with Gasteiger partial charge < -0.3 is 94.9 Å². The van der Waals surface area contributed by atoms with Gasteiger partial charge in [0, 0.05) is 93.6 Å². The number of aliphatic hydroxyl groups excluding tert-OH is 2. The first-order valence-electron chi connectivity index (χ1n) is 49.3. The molecular formula is C116H117B3N12O14. The molecule has 0 aliphatic carbocycles. The minimum atomic E-state index is -0.562. The fourth-order valence-corrected chi connectivity index (χ4v) is 21.1. The number of aliphatic hydroxyl groups is 2. The van der Waals surface area contributed by atoms with Crippen molar-refractivity contribution in [3.8, 4) is 66.8 Å². The lowest BCUT2D eigenvalue weighted by Crippen LogP contribution is -2.34. The molecule has 29 heteroatoms. The highest BCUT2D eigenvalue weighted by Crippen LogP contribution is 2.44. The summed E-state index contributed by atoms with van der Waals surface area (Å²) in [6.45, 7) is 12.8. The van der Waals surface area contributed by atoms with Crippen molar-refractivity contribution in [1.29, 1.82) is 0 Å². The van der Waals surface area contributed by atoms with Crippen LogP contribution in [0, 0.1) is 0 Å². The van der Waals surface area contributed by atoms with E-state index in [0.29, 0.717) is 57.0 Å². The lowest BCUT2D eigenvalue weighted by atomic mass is 9.85. The first-order valence-corrected chi connectivity index (χ1v) is 49.3. The van der Waals surface area contributed by atoms with Crippen molar-refractivity contribution in [1.82, 2.24) is 55.0 Å². The van der Waals surface area contributed by atoms with E-state index in [4.69, 9.17) is 19.9 Å². The Bertz CT molecular complexity index is 7680. The molecule has 11 heterocycles. The summed E-state index contributed by atoms with van der Waals surface area (Å²) in [5, 5.41) is 61.2. The Labute approximate surface area is 841 Å². The van der Waals surface area contributed by atoms with Crippen LogP contribution in [-0.2, 0) is 37.0 Å². The highest BCUT2D eigenvalue weighted by molar-refractivity contribution is 6.46. The number of primary amides is 1. The second-order valence-corrected chi connectivity index (χ2v) is 37.7. The van der Waals surface area contributed by atoms with Crippen LogP contribution >= 0.6 is 0 Å². The number of rotatable bonds is 20. The van der Waals surface area contributed by atoms with Crippen LogP contribution in [0.15, 0.2) is 298 Å². The third-order valence-corrected chi connectivity index (χ3v) is 28.8. The number of nitrogens with zero attached hydrogens (tertiary/aromatic N) is 3. The predicted molar refractivity (Wildman–Crippen MR) is 576 cm³/mol. The smallest absolute Gasteiger partial charge is 0.376 e. The van der Waals surface area contributed by atoms with Crippen LogP contribution in [0.2, 0.25) is 20.5 Å². The van der Waals surface area contributed by atoms with E-state index >= 15 is 0 Å². The van der Waals surface area contributed by atoms with Gasteiger partial charge in [-0.1, -0.05) is 182 Å². The summed E-state index contributed by atoms with van der Waals surface area (Å²) in [6, 6.07) is 86.5. The summed E-state index contributed by atoms with van der Waals surface area (Å²) in [4.78, 5) is 98.0. The predicted octanol–water partition coefficient (Wildman–Crippen LogP) is 19.4. The van der Waals surface area contributed by atoms with Gasteiger partial charge in [-0.2, -0.15) is 0 Å². The van der Waals surface area contributed by atoms with Crippen molar-refractivity contribution in [2.24, 2.45) is 5.73 Å². The number of benzene rings is 12. The van der Waals surface area contributed by atoms with Crippen molar-refractivity contribution >= 4 is 122 Å². The number of carbonyl (C=O) groups excluding carboxylic acids is 6. The van der Waals surface area contributed by atoms with Gasteiger partial charge in [0.05, 0.1) is 95.8 Å². The number of hydrogen-bond donors (Lipinski definition) is 14. The maximum Gasteiger partial charge on any atom is 0.376 e. The summed E-state index contributed by atoms with van der Waals surface area (Å²) >= 11 is 0. The number of esters is 3. The quantitative estimate of drug-likeness (QED) is 0.0146. The number of nitrogens with one attached hydrogen (secondary N) is 8. The first kappa shape index (κ1) is 99.9. The van der Waals surface area contributed by atoms with E-state index in [2.05, 4.69) is 146 Å². The van der Waals surface area contributed by atoms with E-state index in [-0.39, 0.29) is 43.4 Å². The molecular weight excluding hydrogens is 1820 g/mol. The number of imide groups is 1. The van der Waals surface area contributed by atoms with Gasteiger partial charge >= 0.3 is 39.1 Å². The molecule has 0 saturated carbocycles. The van der Waals surface area contributed by atoms with Crippen LogP contribution in [0.5, 0.6) is 0 Å². The highest BCUT2D eigenvalue weighted by atomic mass is 16.5. The normalized spacial score (nSPS) is 16.7. The topological polar surface area (TPSA) is 386 Å². The van der Waals surface area contributed by atoms with E-state index in [1.165, 1.54) is 71.9 Å². The molecule has 5 aliphatic heterocycles. The van der Waals surface area contributed by atoms with Crippen molar-refractivity contribution in [3.05, 3.63) is 359 Å². The number of ether oxygens (including phenoxy) is 3. The van der Waals surface area contributed by atoms with Crippen LogP contribution in [-0.4, -0.2) is 200 Å². The molecule has 5 saturated heterocycles. The van der Waals surface area contributed by atoms with E-state index in [1.807, 2.05) is 201 Å². The largest absolute Gasteiger partial charge is 0.465 e. The minimum absolute atomic E-state index is 0.0155. The van der Waals surface area contributed by atoms with Crippen molar-refractivity contribution in [2.75, 3.05) is 73.7 Å². The van der Waals surface area contributed by atoms with Gasteiger partial charge in [0.25, 0.3) is 5.91 Å². The first-order chi connectivity index (χ1) is 70.5. The molecule has 734 valence electrons. The molecule has 5 atom stereocenters. The van der Waals surface area contributed by atoms with Crippen LogP contribution < -0.4 is 16.4 Å². The summed E-state index contributed by atoms with van der Waals surface area (Å²) in [5.41, 5.74) is 33.0. The van der Waals surface area contributed by atoms with Crippen LogP contribution in [0.1, 0.15) is 142 Å². The maximum absolute atomic E-state index is 12.4. The highest BCUT2D eigenvalue weighted by Gasteiger charge is 2.37. The van der Waals surface area contributed by atoms with Gasteiger partial charge in [0.1, 0.15) is 0 Å². The average Bonchev–Trinajstić information content (AvgIpc) is 1.64. The Morgan fingerprint density at radius 2 is 0.662 bits per heavy atom. The molecule has 5 fully saturated rings. The van der Waals surface area contributed by atoms with Crippen molar-refractivity contribution in [2.45, 2.75) is 95.4 Å². The van der Waals surface area contributed by atoms with Gasteiger partial charge in [-0.15, -0.1) is 0 Å². The number of methoxy groups -OCH3 is 3. The van der Waals surface area contributed by atoms with Crippen LogP contribution in [0.3, 0.4) is 0 Å². The number of carbonyl (C=O) groups is 6. The number of hydrogen-bond acceptors (Lipinski definition) is 18. The van der Waals surface area contributed by atoms with Gasteiger partial charge in [-0.25, -0.2) is 14.4 Å². The molecule has 3 amide bonds. The summed E-state index contributed by atoms with van der Waals surface area (Å²) in [5.74, 6) is -1.13. The molecule has 23 rings (SSSR count). The van der Waals surface area contributed by atoms with Crippen LogP contribution in [0.4, 0.5) is 0 Å². The molecule has 12 aromatic carbocycles. The summed E-state index contributed by atoms with van der Waals surface area (Å²) < 4.78 is 14.8. The molecule has 0 radical (unpaired) electrons. The molecule has 145 heavy (non-hydrogen) atoms. The lowest BCUT2D eigenvalue weighted by Gasteiger charge is -2.16. The maximum atomic E-state index is 12.4. The molecule has 5 unspecified atom stereocenters. The second kappa shape index (κ2) is 45.1.